The Morgan fingerprint density at radius 1 is 0.880 bits per heavy atom. The van der Waals surface area contributed by atoms with E-state index in [2.05, 4.69) is 31.1 Å². The summed E-state index contributed by atoms with van der Waals surface area (Å²) >= 11 is 0. The summed E-state index contributed by atoms with van der Waals surface area (Å²) in [6, 6.07) is 29.9. The van der Waals surface area contributed by atoms with Crippen molar-refractivity contribution >= 4 is 44.5 Å². The van der Waals surface area contributed by atoms with E-state index < -0.39 is 27.7 Å². The first-order chi connectivity index (χ1) is 23.9. The van der Waals surface area contributed by atoms with Gasteiger partial charge in [-0.3, -0.25) is 18.9 Å². The number of hydrogen-bond donors (Lipinski definition) is 2. The van der Waals surface area contributed by atoms with Crippen LogP contribution in [0.5, 0.6) is 11.5 Å². The standard InChI is InChI=1S/C40H32N2O7S/c1-4-40(2,3)24-14-18-26(19-15-24)49-31-22-30(41-25-16-20-27(21-17-25)50(46,47)48)33-34-32(28-12-8-9-13-29(28)38(33)44)35(39(45)42-36(31)34)37(43)23-10-6-5-7-11-23/h5-22,35,41H,4H2,1-3H3,(H,46,47,48). The van der Waals surface area contributed by atoms with Gasteiger partial charge in [0.05, 0.1) is 16.1 Å². The number of rotatable bonds is 9. The molecule has 1 atom stereocenters. The van der Waals surface area contributed by atoms with E-state index in [1.54, 1.807) is 60.7 Å². The first-order valence-corrected chi connectivity index (χ1v) is 17.5. The van der Waals surface area contributed by atoms with Gasteiger partial charge in [0.25, 0.3) is 16.0 Å². The zero-order valence-corrected chi connectivity index (χ0v) is 28.2. The number of carbonyl (C=O) groups excluding carboxylic acids is 3. The van der Waals surface area contributed by atoms with Crippen LogP contribution in [0.3, 0.4) is 0 Å². The highest BCUT2D eigenvalue weighted by Crippen LogP contribution is 2.37. The van der Waals surface area contributed by atoms with Crippen molar-refractivity contribution in [2.75, 3.05) is 5.32 Å². The van der Waals surface area contributed by atoms with Crippen LogP contribution in [-0.2, 0) is 20.3 Å². The number of nitrogens with zero attached hydrogens (tertiary/aromatic N) is 1. The molecule has 0 saturated heterocycles. The molecule has 0 fully saturated rings. The molecule has 1 aliphatic carbocycles. The molecule has 50 heavy (non-hydrogen) atoms. The fourth-order valence-electron chi connectivity index (χ4n) is 6.40. The molecule has 0 spiro atoms. The Kier molecular flexibility index (Phi) is 8.08. The minimum absolute atomic E-state index is 0.0575. The van der Waals surface area contributed by atoms with E-state index in [0.29, 0.717) is 38.9 Å². The van der Waals surface area contributed by atoms with Crippen molar-refractivity contribution in [2.24, 2.45) is 10.9 Å². The molecule has 1 aliphatic heterocycles. The summed E-state index contributed by atoms with van der Waals surface area (Å²) < 4.78 is 39.3. The van der Waals surface area contributed by atoms with Crippen LogP contribution in [0, 0.1) is 5.92 Å². The van der Waals surface area contributed by atoms with Gasteiger partial charge in [0.15, 0.2) is 17.3 Å². The Labute approximate surface area is 288 Å². The second-order valence-electron chi connectivity index (χ2n) is 12.9. The van der Waals surface area contributed by atoms with Gasteiger partial charge >= 0.3 is 0 Å². The van der Waals surface area contributed by atoms with Gasteiger partial charge in [-0.1, -0.05) is 87.5 Å². The Morgan fingerprint density at radius 2 is 1.52 bits per heavy atom. The quantitative estimate of drug-likeness (QED) is 0.101. The van der Waals surface area contributed by atoms with Crippen LogP contribution in [0.4, 0.5) is 11.4 Å². The lowest BCUT2D eigenvalue weighted by atomic mass is 9.75. The molecule has 5 aromatic carbocycles. The molecule has 9 nitrogen and oxygen atoms in total. The average Bonchev–Trinajstić information content (AvgIpc) is 3.11. The van der Waals surface area contributed by atoms with E-state index in [1.165, 1.54) is 24.3 Å². The van der Waals surface area contributed by atoms with Gasteiger partial charge in [0, 0.05) is 28.1 Å². The molecule has 1 unspecified atom stereocenters. The van der Waals surface area contributed by atoms with Crippen molar-refractivity contribution < 1.29 is 32.1 Å². The average molecular weight is 685 g/mol. The van der Waals surface area contributed by atoms with Gasteiger partial charge < -0.3 is 10.1 Å². The van der Waals surface area contributed by atoms with Gasteiger partial charge in [-0.2, -0.15) is 8.42 Å². The fourth-order valence-corrected chi connectivity index (χ4v) is 6.88. The van der Waals surface area contributed by atoms with Gasteiger partial charge in [-0.15, -0.1) is 0 Å². The topological polar surface area (TPSA) is 139 Å². The predicted molar refractivity (Wildman–Crippen MR) is 188 cm³/mol. The smallest absolute Gasteiger partial charge is 0.294 e. The first-order valence-electron chi connectivity index (χ1n) is 16.1. The molecule has 7 rings (SSSR count). The number of nitrogens with one attached hydrogen (secondary N) is 1. The number of ether oxygens (including phenoxy) is 1. The van der Waals surface area contributed by atoms with Crippen molar-refractivity contribution in [1.82, 2.24) is 0 Å². The summed E-state index contributed by atoms with van der Waals surface area (Å²) in [5.41, 5.74) is 3.38. The summed E-state index contributed by atoms with van der Waals surface area (Å²) in [5, 5.41) is 3.65. The highest BCUT2D eigenvalue weighted by molar-refractivity contribution is 7.85. The van der Waals surface area contributed by atoms with Crippen LogP contribution in [0.25, 0.3) is 5.57 Å². The Hall–Kier alpha value is -5.71. The number of hydrogen-bond acceptors (Lipinski definition) is 7. The maximum absolute atomic E-state index is 14.4. The number of benzene rings is 5. The molecule has 2 N–H and O–H groups in total. The zero-order chi connectivity index (χ0) is 35.4. The predicted octanol–water partition coefficient (Wildman–Crippen LogP) is 6.56. The van der Waals surface area contributed by atoms with Crippen molar-refractivity contribution in [3.63, 3.8) is 0 Å². The van der Waals surface area contributed by atoms with E-state index in [-0.39, 0.29) is 38.5 Å². The largest absolute Gasteiger partial charge is 0.455 e. The number of anilines is 2. The highest BCUT2D eigenvalue weighted by Gasteiger charge is 2.41. The maximum Gasteiger partial charge on any atom is 0.294 e. The van der Waals surface area contributed by atoms with Crippen LogP contribution >= 0.6 is 0 Å². The molecular weight excluding hydrogens is 653 g/mol. The number of fused-ring (bicyclic) bond motifs is 2. The van der Waals surface area contributed by atoms with Crippen LogP contribution < -0.4 is 20.6 Å². The summed E-state index contributed by atoms with van der Waals surface area (Å²) in [5.74, 6) is -2.17. The van der Waals surface area contributed by atoms with Crippen LogP contribution in [0.15, 0.2) is 119 Å². The van der Waals surface area contributed by atoms with Crippen LogP contribution in [-0.4, -0.2) is 30.4 Å². The van der Waals surface area contributed by atoms with E-state index in [0.717, 1.165) is 12.0 Å². The van der Waals surface area contributed by atoms with Gasteiger partial charge in [-0.05, 0) is 64.9 Å². The molecule has 0 saturated carbocycles. The number of Topliss-reactive ketones (excluding diaryl/α,β-unsaturated/α-hetero) is 1. The summed E-state index contributed by atoms with van der Waals surface area (Å²) in [6.45, 7) is 6.43. The third-order valence-corrected chi connectivity index (χ3v) is 10.3. The molecule has 0 aromatic heterocycles. The van der Waals surface area contributed by atoms with Gasteiger partial charge in [0.2, 0.25) is 0 Å². The second kappa shape index (κ2) is 12.3. The Bertz CT molecular complexity index is 2450. The lowest BCUT2D eigenvalue weighted by Crippen LogP contribution is -2.47. The van der Waals surface area contributed by atoms with E-state index in [1.807, 2.05) is 24.3 Å². The van der Waals surface area contributed by atoms with Crippen molar-refractivity contribution in [3.8, 4) is 11.5 Å². The monoisotopic (exact) mass is 684 g/mol. The molecule has 0 radical (unpaired) electrons. The highest BCUT2D eigenvalue weighted by atomic mass is 32.2. The van der Waals surface area contributed by atoms with Crippen molar-refractivity contribution in [1.29, 1.82) is 0 Å². The van der Waals surface area contributed by atoms with Crippen LogP contribution in [0.2, 0.25) is 0 Å². The summed E-state index contributed by atoms with van der Waals surface area (Å²) in [7, 11) is -4.44. The van der Waals surface area contributed by atoms with E-state index in [9.17, 15) is 27.4 Å². The van der Waals surface area contributed by atoms with E-state index >= 15 is 0 Å². The molecule has 2 aliphatic rings. The van der Waals surface area contributed by atoms with Crippen LogP contribution in [0.1, 0.15) is 64.6 Å². The molecule has 0 bridgehead atoms. The maximum atomic E-state index is 14.4. The summed E-state index contributed by atoms with van der Waals surface area (Å²) in [4.78, 5) is 46.7. The molecule has 5 aromatic rings. The Morgan fingerprint density at radius 3 is 2.16 bits per heavy atom. The molecule has 1 amide bonds. The van der Waals surface area contributed by atoms with Crippen molar-refractivity contribution in [3.05, 3.63) is 148 Å². The molecular formula is C40H32N2O7S. The lowest BCUT2D eigenvalue weighted by molar-refractivity contribution is -0.119. The second-order valence-corrected chi connectivity index (χ2v) is 14.3. The normalized spacial score (nSPS) is 15.1. The minimum atomic E-state index is -4.44. The number of amides is 1. The Balaban J connectivity index is 1.49. The van der Waals surface area contributed by atoms with E-state index in [4.69, 9.17) is 4.74 Å². The lowest BCUT2D eigenvalue weighted by Gasteiger charge is -2.28. The number of carbonyl (C=O) groups is 3. The van der Waals surface area contributed by atoms with Gasteiger partial charge in [-0.25, -0.2) is 4.99 Å². The SMILES string of the molecule is CCC(C)(C)c1ccc(Oc2cc(Nc3ccc(S(=O)(=O)O)cc3)c3c4c2=NC(=O)C(C(=O)c2ccccc2)C=4c2ccccc2C3=O)cc1. The molecule has 10 heteroatoms. The fraction of sp³-hybridized carbons (Fsp3) is 0.150. The molecule has 1 heterocycles. The minimum Gasteiger partial charge on any atom is -0.455 e. The summed E-state index contributed by atoms with van der Waals surface area (Å²) in [6.07, 6.45) is 0.931. The number of ketones is 2. The zero-order valence-electron chi connectivity index (χ0n) is 27.4. The van der Waals surface area contributed by atoms with Crippen molar-refractivity contribution in [2.45, 2.75) is 37.5 Å². The van der Waals surface area contributed by atoms with Gasteiger partial charge in [0.1, 0.15) is 17.0 Å². The third-order valence-electron chi connectivity index (χ3n) is 9.48. The molecule has 250 valence electrons. The third kappa shape index (κ3) is 5.72. The first kappa shape index (κ1) is 32.8.